The van der Waals surface area contributed by atoms with Crippen LogP contribution in [-0.2, 0) is 16.0 Å². The number of methoxy groups -OCH3 is 1. The second-order valence-electron chi connectivity index (χ2n) is 9.72. The molecule has 1 aliphatic rings. The molecule has 4 rings (SSSR count). The molecule has 3 atom stereocenters. The summed E-state index contributed by atoms with van der Waals surface area (Å²) in [6, 6.07) is 20.1. The molecule has 6 nitrogen and oxygen atoms in total. The summed E-state index contributed by atoms with van der Waals surface area (Å²) in [6.07, 6.45) is 0.841. The Kier molecular flexibility index (Phi) is 8.54. The van der Waals surface area contributed by atoms with E-state index in [2.05, 4.69) is 36.3 Å². The molecule has 0 spiro atoms. The number of pyridine rings is 1. The SMILES string of the molecule is COc1cccnc1CCC(=O)N1CC(F)CC1C(=O)NC(c1ccccc1)c1ccc(C(C)C)cc1. The maximum absolute atomic E-state index is 14.5. The van der Waals surface area contributed by atoms with E-state index in [1.807, 2.05) is 42.5 Å². The molecule has 7 heteroatoms. The van der Waals surface area contributed by atoms with E-state index in [1.165, 1.54) is 10.5 Å². The van der Waals surface area contributed by atoms with Gasteiger partial charge >= 0.3 is 0 Å². The van der Waals surface area contributed by atoms with Crippen molar-refractivity contribution < 1.29 is 18.7 Å². The first-order valence-electron chi connectivity index (χ1n) is 12.7. The van der Waals surface area contributed by atoms with E-state index in [9.17, 15) is 14.0 Å². The number of alkyl halides is 1. The Hall–Kier alpha value is -3.74. The summed E-state index contributed by atoms with van der Waals surface area (Å²) in [6.45, 7) is 4.18. The number of carbonyl (C=O) groups is 2. The van der Waals surface area contributed by atoms with Gasteiger partial charge < -0.3 is 15.0 Å². The highest BCUT2D eigenvalue weighted by Gasteiger charge is 2.40. The molecule has 3 unspecified atom stereocenters. The lowest BCUT2D eigenvalue weighted by atomic mass is 9.95. The quantitative estimate of drug-likeness (QED) is 0.447. The van der Waals surface area contributed by atoms with Crippen LogP contribution in [0, 0.1) is 0 Å². The van der Waals surface area contributed by atoms with E-state index in [1.54, 1.807) is 25.4 Å². The van der Waals surface area contributed by atoms with Gasteiger partial charge in [0.2, 0.25) is 11.8 Å². The van der Waals surface area contributed by atoms with E-state index in [-0.39, 0.29) is 31.2 Å². The molecular formula is C30H34FN3O3. The fourth-order valence-electron chi connectivity index (χ4n) is 4.79. The van der Waals surface area contributed by atoms with Crippen LogP contribution in [0.4, 0.5) is 4.39 Å². The molecule has 1 aliphatic heterocycles. The minimum Gasteiger partial charge on any atom is -0.495 e. The van der Waals surface area contributed by atoms with Gasteiger partial charge in [0.15, 0.2) is 0 Å². The topological polar surface area (TPSA) is 71.5 Å². The van der Waals surface area contributed by atoms with Crippen molar-refractivity contribution in [1.29, 1.82) is 0 Å². The van der Waals surface area contributed by atoms with Crippen LogP contribution in [0.15, 0.2) is 72.9 Å². The molecule has 194 valence electrons. The lowest BCUT2D eigenvalue weighted by molar-refractivity contribution is -0.138. The summed E-state index contributed by atoms with van der Waals surface area (Å²) in [7, 11) is 1.55. The molecule has 0 aliphatic carbocycles. The molecule has 2 heterocycles. The summed E-state index contributed by atoms with van der Waals surface area (Å²) in [4.78, 5) is 32.3. The van der Waals surface area contributed by atoms with Crippen LogP contribution in [0.1, 0.15) is 61.0 Å². The highest BCUT2D eigenvalue weighted by Crippen LogP contribution is 2.27. The van der Waals surface area contributed by atoms with Gasteiger partial charge in [0.1, 0.15) is 18.0 Å². The Labute approximate surface area is 217 Å². The number of aromatic nitrogens is 1. The number of likely N-dealkylation sites (tertiary alicyclic amines) is 1. The number of hydrogen-bond acceptors (Lipinski definition) is 4. The molecule has 1 N–H and O–H groups in total. The zero-order chi connectivity index (χ0) is 26.4. The monoisotopic (exact) mass is 503 g/mol. The maximum Gasteiger partial charge on any atom is 0.243 e. The molecule has 0 saturated carbocycles. The molecule has 1 aromatic heterocycles. The van der Waals surface area contributed by atoms with E-state index in [0.29, 0.717) is 23.8 Å². The first-order chi connectivity index (χ1) is 17.9. The number of nitrogens with one attached hydrogen (secondary N) is 1. The summed E-state index contributed by atoms with van der Waals surface area (Å²) < 4.78 is 19.8. The first kappa shape index (κ1) is 26.3. The third-order valence-electron chi connectivity index (χ3n) is 6.87. The van der Waals surface area contributed by atoms with Crippen molar-refractivity contribution in [2.45, 2.75) is 57.3 Å². The maximum atomic E-state index is 14.5. The highest BCUT2D eigenvalue weighted by atomic mass is 19.1. The van der Waals surface area contributed by atoms with Gasteiger partial charge in [-0.05, 0) is 34.7 Å². The minimum atomic E-state index is -1.25. The molecule has 0 bridgehead atoms. The fraction of sp³-hybridized carbons (Fsp3) is 0.367. The molecule has 2 aromatic carbocycles. The van der Waals surface area contributed by atoms with Gasteiger partial charge in [-0.1, -0.05) is 68.4 Å². The summed E-state index contributed by atoms with van der Waals surface area (Å²) in [5, 5.41) is 3.11. The van der Waals surface area contributed by atoms with Crippen molar-refractivity contribution in [3.8, 4) is 5.75 Å². The molecule has 0 radical (unpaired) electrons. The number of carbonyl (C=O) groups excluding carboxylic acids is 2. The molecule has 3 aromatic rings. The number of rotatable bonds is 9. The van der Waals surface area contributed by atoms with Crippen molar-refractivity contribution in [3.05, 3.63) is 95.3 Å². The lowest BCUT2D eigenvalue weighted by Gasteiger charge is -2.27. The Balaban J connectivity index is 1.51. The Bertz CT molecular complexity index is 1200. The van der Waals surface area contributed by atoms with Crippen LogP contribution in [0.3, 0.4) is 0 Å². The van der Waals surface area contributed by atoms with E-state index in [4.69, 9.17) is 4.74 Å². The van der Waals surface area contributed by atoms with Gasteiger partial charge in [-0.15, -0.1) is 0 Å². The highest BCUT2D eigenvalue weighted by molar-refractivity contribution is 5.89. The number of hydrogen-bond donors (Lipinski definition) is 1. The summed E-state index contributed by atoms with van der Waals surface area (Å²) in [5.41, 5.74) is 3.71. The Morgan fingerprint density at radius 2 is 1.70 bits per heavy atom. The molecular weight excluding hydrogens is 469 g/mol. The number of nitrogens with zero attached hydrogens (tertiary/aromatic N) is 2. The number of amides is 2. The predicted octanol–water partition coefficient (Wildman–Crippen LogP) is 4.99. The van der Waals surface area contributed by atoms with Gasteiger partial charge in [-0.3, -0.25) is 14.6 Å². The van der Waals surface area contributed by atoms with E-state index >= 15 is 0 Å². The first-order valence-corrected chi connectivity index (χ1v) is 12.7. The van der Waals surface area contributed by atoms with Gasteiger partial charge in [0.05, 0.1) is 25.4 Å². The fourth-order valence-corrected chi connectivity index (χ4v) is 4.79. The standard InChI is InChI=1S/C30H34FN3O3/c1-20(2)21-11-13-23(14-12-21)29(22-8-5-4-6-9-22)33-30(36)26-18-24(31)19-34(26)28(35)16-15-25-27(37-3)10-7-17-32-25/h4-14,17,20,24,26,29H,15-16,18-19H2,1-3H3,(H,33,36). The molecule has 2 amide bonds. The average Bonchev–Trinajstić information content (AvgIpc) is 3.32. The van der Waals surface area contributed by atoms with Crippen LogP contribution in [0.2, 0.25) is 0 Å². The van der Waals surface area contributed by atoms with Crippen LogP contribution in [-0.4, -0.2) is 47.6 Å². The van der Waals surface area contributed by atoms with Crippen LogP contribution >= 0.6 is 0 Å². The Morgan fingerprint density at radius 3 is 2.38 bits per heavy atom. The molecule has 1 saturated heterocycles. The lowest BCUT2D eigenvalue weighted by Crippen LogP contribution is -2.47. The van der Waals surface area contributed by atoms with E-state index in [0.717, 1.165) is 11.1 Å². The van der Waals surface area contributed by atoms with Crippen molar-refractivity contribution >= 4 is 11.8 Å². The normalized spacial score (nSPS) is 18.0. The predicted molar refractivity (Wildman–Crippen MR) is 141 cm³/mol. The van der Waals surface area contributed by atoms with Crippen molar-refractivity contribution in [2.75, 3.05) is 13.7 Å². The second-order valence-corrected chi connectivity index (χ2v) is 9.72. The van der Waals surface area contributed by atoms with Gasteiger partial charge in [-0.2, -0.15) is 0 Å². The van der Waals surface area contributed by atoms with Crippen molar-refractivity contribution in [2.24, 2.45) is 0 Å². The average molecular weight is 504 g/mol. The van der Waals surface area contributed by atoms with Crippen molar-refractivity contribution in [1.82, 2.24) is 15.2 Å². The third kappa shape index (κ3) is 6.34. The van der Waals surface area contributed by atoms with Gasteiger partial charge in [0.25, 0.3) is 0 Å². The van der Waals surface area contributed by atoms with Crippen LogP contribution in [0.5, 0.6) is 5.75 Å². The van der Waals surface area contributed by atoms with Crippen LogP contribution < -0.4 is 10.1 Å². The summed E-state index contributed by atoms with van der Waals surface area (Å²) in [5.74, 6) is 0.365. The van der Waals surface area contributed by atoms with Crippen molar-refractivity contribution in [3.63, 3.8) is 0 Å². The molecule has 1 fully saturated rings. The van der Waals surface area contributed by atoms with E-state index < -0.39 is 18.3 Å². The smallest absolute Gasteiger partial charge is 0.243 e. The molecule has 37 heavy (non-hydrogen) atoms. The zero-order valence-corrected chi connectivity index (χ0v) is 21.6. The van der Waals surface area contributed by atoms with Crippen LogP contribution in [0.25, 0.3) is 0 Å². The zero-order valence-electron chi connectivity index (χ0n) is 21.6. The number of ether oxygens (including phenoxy) is 1. The van der Waals surface area contributed by atoms with Gasteiger partial charge in [0, 0.05) is 25.5 Å². The minimum absolute atomic E-state index is 0.0156. The second kappa shape index (κ2) is 12.0. The largest absolute Gasteiger partial charge is 0.495 e. The third-order valence-corrected chi connectivity index (χ3v) is 6.87. The summed E-state index contributed by atoms with van der Waals surface area (Å²) >= 11 is 0. The number of halogens is 1. The number of aryl methyl sites for hydroxylation is 1. The Morgan fingerprint density at radius 1 is 1.03 bits per heavy atom. The number of benzene rings is 2. The van der Waals surface area contributed by atoms with Gasteiger partial charge in [-0.25, -0.2) is 4.39 Å².